The van der Waals surface area contributed by atoms with Crippen molar-refractivity contribution in [3.63, 3.8) is 0 Å². The molecule has 0 heterocycles. The maximum atomic E-state index is 4.99. The molecule has 0 saturated heterocycles. The summed E-state index contributed by atoms with van der Waals surface area (Å²) in [5.41, 5.74) is 0. The first kappa shape index (κ1) is 13.9. The summed E-state index contributed by atoms with van der Waals surface area (Å²) in [5, 5.41) is 3.20. The number of methoxy groups -OCH3 is 1. The van der Waals surface area contributed by atoms with Crippen LogP contribution in [0.25, 0.3) is 0 Å². The van der Waals surface area contributed by atoms with Gasteiger partial charge in [0.15, 0.2) is 0 Å². The molecule has 0 amide bonds. The lowest BCUT2D eigenvalue weighted by molar-refractivity contribution is 0.0412. The molecule has 2 heteroatoms. The molecule has 0 bridgehead atoms. The molecular weight excluding hydrogens is 174 g/mol. The second-order valence-corrected chi connectivity index (χ2v) is 4.61. The molecule has 1 saturated carbocycles. The topological polar surface area (TPSA) is 21.3 Å². The highest BCUT2D eigenvalue weighted by Crippen LogP contribution is 2.20. The van der Waals surface area contributed by atoms with Gasteiger partial charge >= 0.3 is 0 Å². The molecule has 0 aromatic rings. The standard InChI is InChI=1S/C7H17N.C5H10O/c1-6(2)5-7(3)8-4;1-6-5-3-2-4-5/h6-8H,5H2,1-4H3;5H,2-4H2,1H3/t7-;/m1./s1. The number of hydrogen-bond donors (Lipinski definition) is 1. The van der Waals surface area contributed by atoms with E-state index in [0.717, 1.165) is 5.92 Å². The first-order valence-corrected chi connectivity index (χ1v) is 5.80. The van der Waals surface area contributed by atoms with Crippen LogP contribution in [0, 0.1) is 5.92 Å². The summed E-state index contributed by atoms with van der Waals surface area (Å²) >= 11 is 0. The number of rotatable bonds is 4. The minimum Gasteiger partial charge on any atom is -0.381 e. The number of nitrogens with one attached hydrogen (secondary N) is 1. The third-order valence-electron chi connectivity index (χ3n) is 2.70. The van der Waals surface area contributed by atoms with Crippen LogP contribution in [0.2, 0.25) is 0 Å². The van der Waals surface area contributed by atoms with E-state index in [2.05, 4.69) is 26.1 Å². The molecular formula is C12H27NO. The van der Waals surface area contributed by atoms with Crippen molar-refractivity contribution in [3.8, 4) is 0 Å². The molecule has 0 unspecified atom stereocenters. The minimum absolute atomic E-state index is 0.616. The van der Waals surface area contributed by atoms with Crippen LogP contribution in [0.15, 0.2) is 0 Å². The Balaban J connectivity index is 0.000000249. The third kappa shape index (κ3) is 7.34. The molecule has 0 aliphatic heterocycles. The smallest absolute Gasteiger partial charge is 0.0571 e. The largest absolute Gasteiger partial charge is 0.381 e. The molecule has 1 N–H and O–H groups in total. The van der Waals surface area contributed by atoms with Gasteiger partial charge in [0.05, 0.1) is 6.10 Å². The Labute approximate surface area is 89.4 Å². The molecule has 1 fully saturated rings. The second-order valence-electron chi connectivity index (χ2n) is 4.61. The van der Waals surface area contributed by atoms with Crippen LogP contribution in [0.1, 0.15) is 46.5 Å². The first-order chi connectivity index (χ1) is 6.60. The molecule has 1 aliphatic carbocycles. The van der Waals surface area contributed by atoms with Crippen molar-refractivity contribution in [3.05, 3.63) is 0 Å². The average molecular weight is 201 g/mol. The van der Waals surface area contributed by atoms with Crippen molar-refractivity contribution in [2.24, 2.45) is 5.92 Å². The summed E-state index contributed by atoms with van der Waals surface area (Å²) in [6.45, 7) is 6.70. The normalized spacial score (nSPS) is 18.4. The van der Waals surface area contributed by atoms with Gasteiger partial charge in [-0.2, -0.15) is 0 Å². The summed E-state index contributed by atoms with van der Waals surface area (Å²) in [7, 11) is 3.79. The predicted octanol–water partition coefficient (Wildman–Crippen LogP) is 2.83. The molecule has 86 valence electrons. The fraction of sp³-hybridized carbons (Fsp3) is 1.00. The van der Waals surface area contributed by atoms with Gasteiger partial charge < -0.3 is 10.1 Å². The van der Waals surface area contributed by atoms with E-state index in [4.69, 9.17) is 4.74 Å². The van der Waals surface area contributed by atoms with Crippen molar-refractivity contribution >= 4 is 0 Å². The molecule has 2 nitrogen and oxygen atoms in total. The van der Waals surface area contributed by atoms with Crippen molar-refractivity contribution < 1.29 is 4.74 Å². The van der Waals surface area contributed by atoms with Gasteiger partial charge in [0, 0.05) is 13.2 Å². The molecule has 1 rings (SSSR count). The van der Waals surface area contributed by atoms with Crippen molar-refractivity contribution in [2.45, 2.75) is 58.6 Å². The van der Waals surface area contributed by atoms with Gasteiger partial charge in [0.1, 0.15) is 0 Å². The van der Waals surface area contributed by atoms with Crippen LogP contribution >= 0.6 is 0 Å². The predicted molar refractivity (Wildman–Crippen MR) is 62.6 cm³/mol. The highest BCUT2D eigenvalue weighted by Gasteiger charge is 2.14. The van der Waals surface area contributed by atoms with E-state index in [9.17, 15) is 0 Å². The Bertz CT molecular complexity index is 119. The van der Waals surface area contributed by atoms with Crippen LogP contribution in [0.3, 0.4) is 0 Å². The Morgan fingerprint density at radius 2 is 1.86 bits per heavy atom. The van der Waals surface area contributed by atoms with E-state index in [1.807, 2.05) is 7.05 Å². The van der Waals surface area contributed by atoms with Crippen molar-refractivity contribution in [1.82, 2.24) is 5.32 Å². The summed E-state index contributed by atoms with van der Waals surface area (Å²) in [6, 6.07) is 0.676. The quantitative estimate of drug-likeness (QED) is 0.755. The lowest BCUT2D eigenvalue weighted by Crippen LogP contribution is -2.22. The number of hydrogen-bond acceptors (Lipinski definition) is 2. The molecule has 1 atom stereocenters. The van der Waals surface area contributed by atoms with E-state index in [1.54, 1.807) is 7.11 Å². The molecule has 0 spiro atoms. The van der Waals surface area contributed by atoms with Crippen LogP contribution < -0.4 is 5.32 Å². The summed E-state index contributed by atoms with van der Waals surface area (Å²) in [6.07, 6.45) is 5.84. The van der Waals surface area contributed by atoms with Crippen molar-refractivity contribution in [2.75, 3.05) is 14.2 Å². The minimum atomic E-state index is 0.616. The van der Waals surface area contributed by atoms with Crippen LogP contribution in [0.5, 0.6) is 0 Å². The first-order valence-electron chi connectivity index (χ1n) is 5.80. The van der Waals surface area contributed by atoms with E-state index in [1.165, 1.54) is 25.7 Å². The third-order valence-corrected chi connectivity index (χ3v) is 2.70. The van der Waals surface area contributed by atoms with E-state index in [0.29, 0.717) is 12.1 Å². The number of ether oxygens (including phenoxy) is 1. The Hall–Kier alpha value is -0.0800. The summed E-state index contributed by atoms with van der Waals surface area (Å²) in [4.78, 5) is 0. The monoisotopic (exact) mass is 201 g/mol. The van der Waals surface area contributed by atoms with Gasteiger partial charge in [-0.25, -0.2) is 0 Å². The van der Waals surface area contributed by atoms with E-state index in [-0.39, 0.29) is 0 Å². The summed E-state index contributed by atoms with van der Waals surface area (Å²) in [5.74, 6) is 0.817. The fourth-order valence-electron chi connectivity index (χ4n) is 1.43. The Morgan fingerprint density at radius 1 is 1.29 bits per heavy atom. The fourth-order valence-corrected chi connectivity index (χ4v) is 1.43. The van der Waals surface area contributed by atoms with Gasteiger partial charge in [0.2, 0.25) is 0 Å². The Kier molecular flexibility index (Phi) is 8.20. The lowest BCUT2D eigenvalue weighted by Gasteiger charge is -2.22. The average Bonchev–Trinajstić information content (AvgIpc) is 2.02. The van der Waals surface area contributed by atoms with Gasteiger partial charge in [-0.15, -0.1) is 0 Å². The summed E-state index contributed by atoms with van der Waals surface area (Å²) < 4.78 is 4.99. The zero-order valence-electron chi connectivity index (χ0n) is 10.5. The highest BCUT2D eigenvalue weighted by atomic mass is 16.5. The SMILES string of the molecule is CN[C@H](C)CC(C)C.COC1CCC1. The van der Waals surface area contributed by atoms with E-state index < -0.39 is 0 Å². The highest BCUT2D eigenvalue weighted by molar-refractivity contribution is 4.67. The van der Waals surface area contributed by atoms with Gasteiger partial charge in [-0.1, -0.05) is 13.8 Å². The van der Waals surface area contributed by atoms with Crippen molar-refractivity contribution in [1.29, 1.82) is 0 Å². The lowest BCUT2D eigenvalue weighted by atomic mass is 9.96. The maximum Gasteiger partial charge on any atom is 0.0571 e. The molecule has 1 aliphatic rings. The van der Waals surface area contributed by atoms with Crippen LogP contribution in [-0.2, 0) is 4.74 Å². The van der Waals surface area contributed by atoms with Crippen LogP contribution in [-0.4, -0.2) is 26.3 Å². The molecule has 0 aromatic heterocycles. The second kappa shape index (κ2) is 8.25. The van der Waals surface area contributed by atoms with Crippen LogP contribution in [0.4, 0.5) is 0 Å². The molecule has 14 heavy (non-hydrogen) atoms. The molecule has 0 radical (unpaired) electrons. The maximum absolute atomic E-state index is 4.99. The Morgan fingerprint density at radius 3 is 1.93 bits per heavy atom. The zero-order chi connectivity index (χ0) is 11.0. The zero-order valence-corrected chi connectivity index (χ0v) is 10.5. The van der Waals surface area contributed by atoms with Gasteiger partial charge in [-0.05, 0) is 45.6 Å². The van der Waals surface area contributed by atoms with E-state index >= 15 is 0 Å². The van der Waals surface area contributed by atoms with Gasteiger partial charge in [-0.3, -0.25) is 0 Å². The van der Waals surface area contributed by atoms with Gasteiger partial charge in [0.25, 0.3) is 0 Å². The molecule has 0 aromatic carbocycles.